The van der Waals surface area contributed by atoms with Gasteiger partial charge in [-0.15, -0.1) is 0 Å². The van der Waals surface area contributed by atoms with E-state index in [2.05, 4.69) is 21.0 Å². The Bertz CT molecular complexity index is 615. The molecule has 6 heteroatoms. The van der Waals surface area contributed by atoms with E-state index in [4.69, 9.17) is 16.3 Å². The molecule has 0 amide bonds. The SMILES string of the molecule is CCc1nn(CC)c(COc2cc(F)ccc2Br)c1Cl. The predicted octanol–water partition coefficient (Wildman–Crippen LogP) is 4.60. The molecule has 2 rings (SSSR count). The van der Waals surface area contributed by atoms with Crippen molar-refractivity contribution >= 4 is 27.5 Å². The molecule has 0 radical (unpaired) electrons. The quantitative estimate of drug-likeness (QED) is 0.778. The van der Waals surface area contributed by atoms with E-state index < -0.39 is 0 Å². The van der Waals surface area contributed by atoms with Crippen LogP contribution in [-0.4, -0.2) is 9.78 Å². The standard InChI is InChI=1S/C14H15BrClFN2O/c1-3-11-14(16)12(19(4-2)18-11)8-20-13-7-9(17)5-6-10(13)15/h5-7H,3-4,8H2,1-2H3. The highest BCUT2D eigenvalue weighted by atomic mass is 79.9. The minimum Gasteiger partial charge on any atom is -0.486 e. The second kappa shape index (κ2) is 6.59. The number of hydrogen-bond acceptors (Lipinski definition) is 2. The molecule has 0 N–H and O–H groups in total. The number of hydrogen-bond donors (Lipinski definition) is 0. The monoisotopic (exact) mass is 360 g/mol. The van der Waals surface area contributed by atoms with Crippen molar-refractivity contribution < 1.29 is 9.13 Å². The normalized spacial score (nSPS) is 10.8. The molecule has 0 fully saturated rings. The van der Waals surface area contributed by atoms with Crippen LogP contribution in [0.5, 0.6) is 5.75 Å². The van der Waals surface area contributed by atoms with Gasteiger partial charge in [-0.25, -0.2) is 4.39 Å². The molecule has 1 aromatic heterocycles. The Kier molecular flexibility index (Phi) is 5.05. The van der Waals surface area contributed by atoms with E-state index >= 15 is 0 Å². The molecule has 0 saturated heterocycles. The summed E-state index contributed by atoms with van der Waals surface area (Å²) in [4.78, 5) is 0. The molecular weight excluding hydrogens is 347 g/mol. The van der Waals surface area contributed by atoms with Crippen LogP contribution in [0.3, 0.4) is 0 Å². The zero-order valence-electron chi connectivity index (χ0n) is 11.3. The van der Waals surface area contributed by atoms with Gasteiger partial charge in [0.15, 0.2) is 0 Å². The first-order valence-electron chi connectivity index (χ1n) is 6.38. The Labute approximate surface area is 130 Å². The summed E-state index contributed by atoms with van der Waals surface area (Å²) in [6, 6.07) is 4.32. The van der Waals surface area contributed by atoms with Crippen LogP contribution in [-0.2, 0) is 19.6 Å². The van der Waals surface area contributed by atoms with Crippen LogP contribution in [0, 0.1) is 5.82 Å². The Morgan fingerprint density at radius 2 is 2.15 bits per heavy atom. The van der Waals surface area contributed by atoms with E-state index in [9.17, 15) is 4.39 Å². The van der Waals surface area contributed by atoms with Crippen molar-refractivity contribution in [1.29, 1.82) is 0 Å². The van der Waals surface area contributed by atoms with Crippen molar-refractivity contribution in [2.24, 2.45) is 0 Å². The fourth-order valence-electron chi connectivity index (χ4n) is 1.89. The number of ether oxygens (including phenoxy) is 1. The molecule has 3 nitrogen and oxygen atoms in total. The molecule has 1 aromatic carbocycles. The lowest BCUT2D eigenvalue weighted by Gasteiger charge is -2.10. The summed E-state index contributed by atoms with van der Waals surface area (Å²) in [6.07, 6.45) is 0.766. The zero-order chi connectivity index (χ0) is 14.7. The first-order valence-corrected chi connectivity index (χ1v) is 7.55. The van der Waals surface area contributed by atoms with Crippen LogP contribution in [0.2, 0.25) is 5.02 Å². The van der Waals surface area contributed by atoms with Gasteiger partial charge in [-0.1, -0.05) is 18.5 Å². The van der Waals surface area contributed by atoms with Crippen molar-refractivity contribution in [3.8, 4) is 5.75 Å². The second-order valence-corrected chi connectivity index (χ2v) is 5.47. The third-order valence-corrected chi connectivity index (χ3v) is 4.04. The van der Waals surface area contributed by atoms with Gasteiger partial charge in [0.25, 0.3) is 0 Å². The lowest BCUT2D eigenvalue weighted by Crippen LogP contribution is -2.07. The van der Waals surface area contributed by atoms with Crippen molar-refractivity contribution in [2.75, 3.05) is 0 Å². The van der Waals surface area contributed by atoms with Gasteiger partial charge in [0, 0.05) is 12.6 Å². The fraction of sp³-hybridized carbons (Fsp3) is 0.357. The van der Waals surface area contributed by atoms with E-state index in [1.807, 2.05) is 18.5 Å². The van der Waals surface area contributed by atoms with Gasteiger partial charge < -0.3 is 4.74 Å². The smallest absolute Gasteiger partial charge is 0.136 e. The van der Waals surface area contributed by atoms with E-state index in [-0.39, 0.29) is 12.4 Å². The van der Waals surface area contributed by atoms with Crippen LogP contribution >= 0.6 is 27.5 Å². The average molecular weight is 362 g/mol. The minimum atomic E-state index is -0.340. The summed E-state index contributed by atoms with van der Waals surface area (Å²) < 4.78 is 21.4. The summed E-state index contributed by atoms with van der Waals surface area (Å²) in [6.45, 7) is 4.96. The van der Waals surface area contributed by atoms with Crippen molar-refractivity contribution in [2.45, 2.75) is 33.4 Å². The molecule has 0 aliphatic rings. The second-order valence-electron chi connectivity index (χ2n) is 4.24. The highest BCUT2D eigenvalue weighted by Gasteiger charge is 2.15. The summed E-state index contributed by atoms with van der Waals surface area (Å²) >= 11 is 9.63. The molecule has 20 heavy (non-hydrogen) atoms. The van der Waals surface area contributed by atoms with E-state index in [1.54, 1.807) is 6.07 Å². The zero-order valence-corrected chi connectivity index (χ0v) is 13.6. The first-order chi connectivity index (χ1) is 9.56. The maximum Gasteiger partial charge on any atom is 0.136 e. The molecule has 0 atom stereocenters. The number of aryl methyl sites for hydroxylation is 2. The van der Waals surface area contributed by atoms with Crippen LogP contribution in [0.15, 0.2) is 22.7 Å². The van der Waals surface area contributed by atoms with E-state index in [0.717, 1.165) is 17.8 Å². The van der Waals surface area contributed by atoms with Gasteiger partial charge in [-0.3, -0.25) is 4.68 Å². The highest BCUT2D eigenvalue weighted by Crippen LogP contribution is 2.28. The third-order valence-electron chi connectivity index (χ3n) is 2.95. The van der Waals surface area contributed by atoms with Crippen molar-refractivity contribution in [3.05, 3.63) is 44.9 Å². The summed E-state index contributed by atoms with van der Waals surface area (Å²) in [5.41, 5.74) is 1.66. The third kappa shape index (κ3) is 3.15. The maximum absolute atomic E-state index is 13.2. The molecule has 2 aromatic rings. The van der Waals surface area contributed by atoms with Crippen LogP contribution in [0.4, 0.5) is 4.39 Å². The first kappa shape index (κ1) is 15.3. The molecule has 0 unspecified atom stereocenters. The molecule has 0 aliphatic carbocycles. The minimum absolute atomic E-state index is 0.252. The molecule has 0 aliphatic heterocycles. The lowest BCUT2D eigenvalue weighted by molar-refractivity contribution is 0.289. The van der Waals surface area contributed by atoms with Crippen molar-refractivity contribution in [1.82, 2.24) is 9.78 Å². The summed E-state index contributed by atoms with van der Waals surface area (Å²) in [5.74, 6) is 0.107. The van der Waals surface area contributed by atoms with Gasteiger partial charge in [-0.05, 0) is 41.4 Å². The van der Waals surface area contributed by atoms with Crippen LogP contribution in [0.25, 0.3) is 0 Å². The Hall–Kier alpha value is -1.07. The molecule has 108 valence electrons. The van der Waals surface area contributed by atoms with Gasteiger partial charge in [0.1, 0.15) is 18.2 Å². The molecule has 1 heterocycles. The number of nitrogens with zero attached hydrogens (tertiary/aromatic N) is 2. The number of halogens is 3. The van der Waals surface area contributed by atoms with Crippen molar-refractivity contribution in [3.63, 3.8) is 0 Å². The maximum atomic E-state index is 13.2. The fourth-order valence-corrected chi connectivity index (χ4v) is 2.57. The van der Waals surface area contributed by atoms with Gasteiger partial charge in [-0.2, -0.15) is 5.10 Å². The summed E-state index contributed by atoms with van der Waals surface area (Å²) in [7, 11) is 0. The molecule has 0 saturated carbocycles. The van der Waals surface area contributed by atoms with Gasteiger partial charge in [0.05, 0.1) is 20.9 Å². The summed E-state index contributed by atoms with van der Waals surface area (Å²) in [5, 5.41) is 5.04. The van der Waals surface area contributed by atoms with Gasteiger partial charge >= 0.3 is 0 Å². The van der Waals surface area contributed by atoms with Crippen LogP contribution in [0.1, 0.15) is 25.2 Å². The van der Waals surface area contributed by atoms with E-state index in [0.29, 0.717) is 21.8 Å². The molecular formula is C14H15BrClFN2O. The van der Waals surface area contributed by atoms with Crippen LogP contribution < -0.4 is 4.74 Å². The average Bonchev–Trinajstić information content (AvgIpc) is 2.75. The number of aromatic nitrogens is 2. The van der Waals surface area contributed by atoms with E-state index in [1.165, 1.54) is 12.1 Å². The number of rotatable bonds is 5. The predicted molar refractivity (Wildman–Crippen MR) is 80.7 cm³/mol. The molecule has 0 spiro atoms. The Morgan fingerprint density at radius 3 is 2.80 bits per heavy atom. The Balaban J connectivity index is 2.22. The van der Waals surface area contributed by atoms with Gasteiger partial charge in [0.2, 0.25) is 0 Å². The Morgan fingerprint density at radius 1 is 1.40 bits per heavy atom. The largest absolute Gasteiger partial charge is 0.486 e. The number of benzene rings is 1. The lowest BCUT2D eigenvalue weighted by atomic mass is 10.3. The molecule has 0 bridgehead atoms. The highest BCUT2D eigenvalue weighted by molar-refractivity contribution is 9.10. The topological polar surface area (TPSA) is 27.1 Å².